The lowest BCUT2D eigenvalue weighted by molar-refractivity contribution is -0.715. The highest BCUT2D eigenvalue weighted by Crippen LogP contribution is 2.38. The predicted octanol–water partition coefficient (Wildman–Crippen LogP) is 3.36. The quantitative estimate of drug-likeness (QED) is 0.409. The molecule has 2 aromatic carbocycles. The number of rotatable bonds is 2. The Balaban J connectivity index is 2.11. The van der Waals surface area contributed by atoms with Crippen molar-refractivity contribution in [1.82, 2.24) is 5.10 Å². The van der Waals surface area contributed by atoms with Crippen LogP contribution in [0.4, 0.5) is 0 Å². The number of aromatic nitrogens is 2. The molecule has 0 aliphatic carbocycles. The lowest BCUT2D eigenvalue weighted by Gasteiger charge is -2.02. The molecule has 0 saturated carbocycles. The average molecular weight is 376 g/mol. The number of hydrogen-bond acceptors (Lipinski definition) is 3. The zero-order chi connectivity index (χ0) is 16.7. The zero-order valence-electron chi connectivity index (χ0n) is 12.6. The van der Waals surface area contributed by atoms with Gasteiger partial charge in [-0.15, -0.1) is 4.68 Å². The molecule has 0 fully saturated rings. The SMILES string of the molecule is Cc1cc(Br)cc(-c2cc(-c3cc(O)c(O)c(O)c3)[n+](C)[nH]2)c1. The van der Waals surface area contributed by atoms with Crippen molar-refractivity contribution in [2.75, 3.05) is 0 Å². The second kappa shape index (κ2) is 5.62. The molecule has 0 bridgehead atoms. The summed E-state index contributed by atoms with van der Waals surface area (Å²) in [6.07, 6.45) is 0. The maximum Gasteiger partial charge on any atom is 0.238 e. The summed E-state index contributed by atoms with van der Waals surface area (Å²) in [5.41, 5.74) is 4.41. The standard InChI is InChI=1S/C17H15BrN2O3/c1-9-3-10(5-12(18)4-9)13-8-14(20(2)19-13)11-6-15(21)17(23)16(22)7-11/h3-8H,1-2H3,(H3,19,21,22,23)/p+1. The van der Waals surface area contributed by atoms with Crippen LogP contribution in [0.5, 0.6) is 17.2 Å². The summed E-state index contributed by atoms with van der Waals surface area (Å²) < 4.78 is 2.78. The molecule has 0 spiro atoms. The van der Waals surface area contributed by atoms with Crippen LogP contribution in [0.2, 0.25) is 0 Å². The Morgan fingerprint density at radius 3 is 2.17 bits per heavy atom. The van der Waals surface area contributed by atoms with Gasteiger partial charge in [-0.25, -0.2) is 0 Å². The summed E-state index contributed by atoms with van der Waals surface area (Å²) in [6, 6.07) is 10.8. The predicted molar refractivity (Wildman–Crippen MR) is 90.3 cm³/mol. The summed E-state index contributed by atoms with van der Waals surface area (Å²) in [5, 5.41) is 32.1. The van der Waals surface area contributed by atoms with E-state index in [4.69, 9.17) is 0 Å². The molecule has 5 nitrogen and oxygen atoms in total. The van der Waals surface area contributed by atoms with Crippen LogP contribution in [0.25, 0.3) is 22.5 Å². The van der Waals surface area contributed by atoms with Crippen molar-refractivity contribution >= 4 is 15.9 Å². The first kappa shape index (κ1) is 15.4. The molecule has 0 atom stereocenters. The third kappa shape index (κ3) is 2.90. The van der Waals surface area contributed by atoms with Gasteiger partial charge in [0.2, 0.25) is 5.69 Å². The first-order valence-electron chi connectivity index (χ1n) is 6.97. The average Bonchev–Trinajstić information content (AvgIpc) is 2.85. The van der Waals surface area contributed by atoms with Gasteiger partial charge in [0, 0.05) is 16.1 Å². The van der Waals surface area contributed by atoms with Crippen LogP contribution in [-0.2, 0) is 7.05 Å². The Labute approximate surface area is 141 Å². The number of halogens is 1. The van der Waals surface area contributed by atoms with E-state index in [0.29, 0.717) is 5.56 Å². The molecule has 1 heterocycles. The topological polar surface area (TPSA) is 80.4 Å². The van der Waals surface area contributed by atoms with Crippen molar-refractivity contribution in [2.45, 2.75) is 6.92 Å². The minimum Gasteiger partial charge on any atom is -0.504 e. The van der Waals surface area contributed by atoms with Gasteiger partial charge in [-0.2, -0.15) is 5.10 Å². The number of aryl methyl sites for hydroxylation is 2. The van der Waals surface area contributed by atoms with Crippen molar-refractivity contribution in [1.29, 1.82) is 0 Å². The number of nitrogens with one attached hydrogen (secondary N) is 1. The van der Waals surface area contributed by atoms with Gasteiger partial charge in [-0.3, -0.25) is 0 Å². The minimum absolute atomic E-state index is 0.360. The Morgan fingerprint density at radius 1 is 0.913 bits per heavy atom. The number of nitrogens with zero attached hydrogens (tertiary/aromatic N) is 1. The van der Waals surface area contributed by atoms with Crippen LogP contribution in [0.1, 0.15) is 5.56 Å². The fourth-order valence-corrected chi connectivity index (χ4v) is 3.18. The molecular weight excluding hydrogens is 360 g/mol. The molecule has 0 aliphatic rings. The third-order valence-corrected chi connectivity index (χ3v) is 4.11. The summed E-state index contributed by atoms with van der Waals surface area (Å²) in [4.78, 5) is 0. The molecule has 0 saturated heterocycles. The molecule has 6 heteroatoms. The third-order valence-electron chi connectivity index (χ3n) is 3.65. The maximum atomic E-state index is 9.69. The van der Waals surface area contributed by atoms with E-state index in [0.717, 1.165) is 27.0 Å². The molecule has 0 unspecified atom stereocenters. The molecule has 118 valence electrons. The Bertz CT molecular complexity index is 860. The molecule has 4 N–H and O–H groups in total. The molecular formula is C17H16BrN2O3+. The highest BCUT2D eigenvalue weighted by Gasteiger charge is 2.19. The van der Waals surface area contributed by atoms with E-state index < -0.39 is 5.75 Å². The number of phenolic OH excluding ortho intramolecular Hbond substituents is 3. The van der Waals surface area contributed by atoms with Crippen LogP contribution in [0.3, 0.4) is 0 Å². The zero-order valence-corrected chi connectivity index (χ0v) is 14.2. The van der Waals surface area contributed by atoms with Gasteiger partial charge in [-0.05, 0) is 42.8 Å². The molecule has 0 amide bonds. The van der Waals surface area contributed by atoms with E-state index in [1.165, 1.54) is 12.1 Å². The first-order chi connectivity index (χ1) is 10.8. The second-order valence-corrected chi connectivity index (χ2v) is 6.41. The Morgan fingerprint density at radius 2 is 1.57 bits per heavy atom. The maximum absolute atomic E-state index is 9.69. The number of benzene rings is 2. The van der Waals surface area contributed by atoms with Crippen LogP contribution >= 0.6 is 15.9 Å². The lowest BCUT2D eigenvalue weighted by atomic mass is 10.1. The molecule has 3 rings (SSSR count). The molecule has 0 aliphatic heterocycles. The molecule has 23 heavy (non-hydrogen) atoms. The van der Waals surface area contributed by atoms with E-state index in [1.807, 2.05) is 32.2 Å². The van der Waals surface area contributed by atoms with Gasteiger partial charge in [-0.1, -0.05) is 15.9 Å². The summed E-state index contributed by atoms with van der Waals surface area (Å²) in [6.45, 7) is 2.02. The van der Waals surface area contributed by atoms with Gasteiger partial charge in [0.1, 0.15) is 5.69 Å². The van der Waals surface area contributed by atoms with E-state index in [-0.39, 0.29) is 11.5 Å². The van der Waals surface area contributed by atoms with Gasteiger partial charge in [0.25, 0.3) is 0 Å². The van der Waals surface area contributed by atoms with E-state index in [1.54, 1.807) is 4.68 Å². The largest absolute Gasteiger partial charge is 0.504 e. The highest BCUT2D eigenvalue weighted by atomic mass is 79.9. The lowest BCUT2D eigenvalue weighted by Crippen LogP contribution is -2.31. The molecule has 1 aromatic heterocycles. The number of phenols is 3. The van der Waals surface area contributed by atoms with Crippen LogP contribution in [0.15, 0.2) is 40.9 Å². The smallest absolute Gasteiger partial charge is 0.238 e. The van der Waals surface area contributed by atoms with Crippen molar-refractivity contribution in [3.8, 4) is 39.8 Å². The van der Waals surface area contributed by atoms with Gasteiger partial charge < -0.3 is 15.3 Å². The monoisotopic (exact) mass is 375 g/mol. The number of hydrogen-bond donors (Lipinski definition) is 4. The highest BCUT2D eigenvalue weighted by molar-refractivity contribution is 9.10. The van der Waals surface area contributed by atoms with E-state index >= 15 is 0 Å². The van der Waals surface area contributed by atoms with Crippen molar-refractivity contribution < 1.29 is 20.0 Å². The van der Waals surface area contributed by atoms with Crippen LogP contribution in [0, 0.1) is 6.92 Å². The van der Waals surface area contributed by atoms with E-state index in [2.05, 4.69) is 27.1 Å². The minimum atomic E-state index is -0.519. The first-order valence-corrected chi connectivity index (χ1v) is 7.76. The van der Waals surface area contributed by atoms with Crippen molar-refractivity contribution in [2.24, 2.45) is 7.05 Å². The molecule has 0 radical (unpaired) electrons. The van der Waals surface area contributed by atoms with E-state index in [9.17, 15) is 15.3 Å². The number of aromatic hydroxyl groups is 3. The van der Waals surface area contributed by atoms with Gasteiger partial charge >= 0.3 is 0 Å². The Kier molecular flexibility index (Phi) is 3.77. The summed E-state index contributed by atoms with van der Waals surface area (Å²) >= 11 is 3.49. The Hall–Kier alpha value is -2.47. The van der Waals surface area contributed by atoms with Gasteiger partial charge in [0.05, 0.1) is 5.56 Å². The van der Waals surface area contributed by atoms with Crippen molar-refractivity contribution in [3.05, 3.63) is 46.4 Å². The van der Waals surface area contributed by atoms with Crippen molar-refractivity contribution in [3.63, 3.8) is 0 Å². The molecule has 3 aromatic rings. The van der Waals surface area contributed by atoms with Gasteiger partial charge in [0.15, 0.2) is 24.3 Å². The van der Waals surface area contributed by atoms with Crippen LogP contribution < -0.4 is 4.68 Å². The number of H-pyrrole nitrogens is 1. The summed E-state index contributed by atoms with van der Waals surface area (Å²) in [5.74, 6) is -1.24. The second-order valence-electron chi connectivity index (χ2n) is 5.49. The normalized spacial score (nSPS) is 10.9. The summed E-state index contributed by atoms with van der Waals surface area (Å²) in [7, 11) is 1.84. The fraction of sp³-hybridized carbons (Fsp3) is 0.118. The van der Waals surface area contributed by atoms with Crippen LogP contribution in [-0.4, -0.2) is 20.4 Å². The number of aromatic amines is 1. The fourth-order valence-electron chi connectivity index (χ4n) is 2.58.